The second-order valence-electron chi connectivity index (χ2n) is 8.18. The van der Waals surface area contributed by atoms with Gasteiger partial charge in [-0.1, -0.05) is 37.3 Å². The average molecular weight is 418 g/mol. The van der Waals surface area contributed by atoms with Gasteiger partial charge >= 0.3 is 0 Å². The van der Waals surface area contributed by atoms with Gasteiger partial charge < -0.3 is 15.0 Å². The zero-order valence-corrected chi connectivity index (χ0v) is 18.2. The van der Waals surface area contributed by atoms with Crippen molar-refractivity contribution in [2.24, 2.45) is 0 Å². The third-order valence-electron chi connectivity index (χ3n) is 6.01. The number of nitrogens with zero attached hydrogens (tertiary/aromatic N) is 2. The lowest BCUT2D eigenvalue weighted by Gasteiger charge is -2.32. The first kappa shape index (κ1) is 21.3. The summed E-state index contributed by atoms with van der Waals surface area (Å²) in [6.45, 7) is 4.26. The standard InChI is InChI=1S/C26H31N3O2/c1-2-26(30)29-16-13-24(14-17-29)31-19-20-8-10-21(11-9-20)22-12-15-27-25(18-22)28-23-6-4-3-5-7-23/h3-8,10,12,15,18,24H,2,9,11,13-14,16-17,19H2,1H3,(H,27,28). The summed E-state index contributed by atoms with van der Waals surface area (Å²) in [5, 5.41) is 3.36. The number of hydrogen-bond acceptors (Lipinski definition) is 4. The molecule has 2 aliphatic rings. The highest BCUT2D eigenvalue weighted by Gasteiger charge is 2.22. The lowest BCUT2D eigenvalue weighted by Crippen LogP contribution is -2.40. The van der Waals surface area contributed by atoms with E-state index in [1.807, 2.05) is 48.4 Å². The molecule has 0 spiro atoms. The van der Waals surface area contributed by atoms with Crippen molar-refractivity contribution in [2.45, 2.75) is 45.1 Å². The molecule has 0 saturated carbocycles. The number of carbonyl (C=O) groups excluding carboxylic acids is 1. The number of allylic oxidation sites excluding steroid dienone is 3. The van der Waals surface area contributed by atoms with Crippen LogP contribution in [0.15, 0.2) is 66.4 Å². The van der Waals surface area contributed by atoms with Crippen LogP contribution in [-0.4, -0.2) is 41.6 Å². The fraction of sp³-hybridized carbons (Fsp3) is 0.385. The van der Waals surface area contributed by atoms with Crippen LogP contribution in [-0.2, 0) is 9.53 Å². The van der Waals surface area contributed by atoms with Gasteiger partial charge in [-0.2, -0.15) is 0 Å². The molecule has 1 amide bonds. The molecule has 0 unspecified atom stereocenters. The number of carbonyl (C=O) groups is 1. The molecular weight excluding hydrogens is 386 g/mol. The van der Waals surface area contributed by atoms with Gasteiger partial charge in [-0.3, -0.25) is 4.79 Å². The van der Waals surface area contributed by atoms with Gasteiger partial charge in [0, 0.05) is 31.4 Å². The van der Waals surface area contributed by atoms with Gasteiger partial charge in [0.2, 0.25) is 5.91 Å². The molecule has 1 aromatic heterocycles. The normalized spacial score (nSPS) is 17.1. The Hall–Kier alpha value is -2.92. The van der Waals surface area contributed by atoms with Crippen molar-refractivity contribution in [1.29, 1.82) is 0 Å². The Morgan fingerprint density at radius 1 is 1.13 bits per heavy atom. The summed E-state index contributed by atoms with van der Waals surface area (Å²) >= 11 is 0. The monoisotopic (exact) mass is 417 g/mol. The SMILES string of the molecule is CCC(=O)N1CCC(OCC2=CC=C(c3ccnc(Nc4ccccc4)c3)CC2)CC1. The minimum atomic E-state index is 0.254. The number of likely N-dealkylation sites (tertiary alicyclic amines) is 1. The zero-order valence-electron chi connectivity index (χ0n) is 18.2. The van der Waals surface area contributed by atoms with Crippen molar-refractivity contribution in [3.8, 4) is 0 Å². The Bertz CT molecular complexity index is 944. The first-order valence-electron chi connectivity index (χ1n) is 11.3. The molecule has 0 bridgehead atoms. The smallest absolute Gasteiger partial charge is 0.222 e. The lowest BCUT2D eigenvalue weighted by molar-refractivity contribution is -0.133. The summed E-state index contributed by atoms with van der Waals surface area (Å²) in [5.41, 5.74) is 4.91. The third-order valence-corrected chi connectivity index (χ3v) is 6.01. The molecule has 1 fully saturated rings. The number of piperidine rings is 1. The summed E-state index contributed by atoms with van der Waals surface area (Å²) in [6, 6.07) is 14.3. The molecule has 162 valence electrons. The van der Waals surface area contributed by atoms with Gasteiger partial charge in [-0.05, 0) is 66.7 Å². The van der Waals surface area contributed by atoms with E-state index in [0.29, 0.717) is 13.0 Å². The Morgan fingerprint density at radius 2 is 1.94 bits per heavy atom. The highest BCUT2D eigenvalue weighted by molar-refractivity contribution is 5.75. The molecule has 4 rings (SSSR count). The van der Waals surface area contributed by atoms with Crippen LogP contribution in [0, 0.1) is 0 Å². The number of ether oxygens (including phenoxy) is 1. The Balaban J connectivity index is 1.30. The van der Waals surface area contributed by atoms with Crippen LogP contribution in [0.2, 0.25) is 0 Å². The lowest BCUT2D eigenvalue weighted by atomic mass is 9.94. The summed E-state index contributed by atoms with van der Waals surface area (Å²) < 4.78 is 6.16. The van der Waals surface area contributed by atoms with Crippen molar-refractivity contribution in [3.05, 3.63) is 72.0 Å². The van der Waals surface area contributed by atoms with E-state index >= 15 is 0 Å². The highest BCUT2D eigenvalue weighted by Crippen LogP contribution is 2.29. The van der Waals surface area contributed by atoms with E-state index in [0.717, 1.165) is 50.3 Å². The molecule has 0 atom stereocenters. The Labute approximate surface area is 184 Å². The van der Waals surface area contributed by atoms with E-state index in [4.69, 9.17) is 4.74 Å². The first-order chi connectivity index (χ1) is 15.2. The second kappa shape index (κ2) is 10.4. The number of pyridine rings is 1. The fourth-order valence-corrected chi connectivity index (χ4v) is 4.13. The van der Waals surface area contributed by atoms with Crippen molar-refractivity contribution in [2.75, 3.05) is 25.0 Å². The van der Waals surface area contributed by atoms with Gasteiger partial charge in [-0.15, -0.1) is 0 Å². The van der Waals surface area contributed by atoms with Crippen molar-refractivity contribution in [1.82, 2.24) is 9.88 Å². The summed E-state index contributed by atoms with van der Waals surface area (Å²) in [7, 11) is 0. The van der Waals surface area contributed by atoms with Gasteiger partial charge in [0.25, 0.3) is 0 Å². The van der Waals surface area contributed by atoms with Gasteiger partial charge in [0.05, 0.1) is 12.7 Å². The highest BCUT2D eigenvalue weighted by atomic mass is 16.5. The van der Waals surface area contributed by atoms with Crippen LogP contribution < -0.4 is 5.32 Å². The van der Waals surface area contributed by atoms with Crippen LogP contribution in [0.5, 0.6) is 0 Å². The molecule has 1 aromatic carbocycles. The summed E-state index contributed by atoms with van der Waals surface area (Å²) in [4.78, 5) is 18.2. The average Bonchev–Trinajstić information content (AvgIpc) is 2.84. The van der Waals surface area contributed by atoms with E-state index in [1.54, 1.807) is 0 Å². The maximum Gasteiger partial charge on any atom is 0.222 e. The minimum absolute atomic E-state index is 0.254. The number of hydrogen-bond donors (Lipinski definition) is 1. The maximum absolute atomic E-state index is 11.8. The van der Waals surface area contributed by atoms with Crippen LogP contribution >= 0.6 is 0 Å². The molecule has 1 saturated heterocycles. The molecule has 5 nitrogen and oxygen atoms in total. The minimum Gasteiger partial charge on any atom is -0.374 e. The molecule has 1 aliphatic heterocycles. The first-order valence-corrected chi connectivity index (χ1v) is 11.3. The Kier molecular flexibility index (Phi) is 7.15. The van der Waals surface area contributed by atoms with Crippen LogP contribution in [0.1, 0.15) is 44.6 Å². The number of para-hydroxylation sites is 1. The summed E-state index contributed by atoms with van der Waals surface area (Å²) in [6.07, 6.45) is 11.0. The van der Waals surface area contributed by atoms with E-state index in [2.05, 4.69) is 34.6 Å². The molecule has 1 N–H and O–H groups in total. The number of rotatable bonds is 7. The van der Waals surface area contributed by atoms with Gasteiger partial charge in [0.15, 0.2) is 0 Å². The van der Waals surface area contributed by atoms with Crippen LogP contribution in [0.3, 0.4) is 0 Å². The van der Waals surface area contributed by atoms with E-state index in [1.165, 1.54) is 16.7 Å². The van der Waals surface area contributed by atoms with Crippen molar-refractivity contribution in [3.63, 3.8) is 0 Å². The number of nitrogens with one attached hydrogen (secondary N) is 1. The fourth-order valence-electron chi connectivity index (χ4n) is 4.13. The summed E-state index contributed by atoms with van der Waals surface area (Å²) in [5.74, 6) is 1.11. The number of benzene rings is 1. The number of aromatic nitrogens is 1. The van der Waals surface area contributed by atoms with Crippen LogP contribution in [0.4, 0.5) is 11.5 Å². The molecule has 1 aliphatic carbocycles. The Morgan fingerprint density at radius 3 is 2.65 bits per heavy atom. The van der Waals surface area contributed by atoms with Crippen molar-refractivity contribution < 1.29 is 9.53 Å². The van der Waals surface area contributed by atoms with E-state index < -0.39 is 0 Å². The van der Waals surface area contributed by atoms with Crippen molar-refractivity contribution >= 4 is 23.0 Å². The molecule has 5 heteroatoms. The molecule has 2 heterocycles. The zero-order chi connectivity index (χ0) is 21.5. The third kappa shape index (κ3) is 5.82. The second-order valence-corrected chi connectivity index (χ2v) is 8.18. The van der Waals surface area contributed by atoms with E-state index in [-0.39, 0.29) is 12.0 Å². The predicted molar refractivity (Wildman–Crippen MR) is 125 cm³/mol. The van der Waals surface area contributed by atoms with Gasteiger partial charge in [0.1, 0.15) is 5.82 Å². The molecule has 0 radical (unpaired) electrons. The maximum atomic E-state index is 11.8. The van der Waals surface area contributed by atoms with Crippen LogP contribution in [0.25, 0.3) is 5.57 Å². The van der Waals surface area contributed by atoms with E-state index in [9.17, 15) is 4.79 Å². The topological polar surface area (TPSA) is 54.5 Å². The number of anilines is 2. The molecular formula is C26H31N3O2. The number of amides is 1. The molecule has 31 heavy (non-hydrogen) atoms. The molecule has 2 aromatic rings. The largest absolute Gasteiger partial charge is 0.374 e. The predicted octanol–water partition coefficient (Wildman–Crippen LogP) is 5.35. The quantitative estimate of drug-likeness (QED) is 0.660. The van der Waals surface area contributed by atoms with Gasteiger partial charge in [-0.25, -0.2) is 4.98 Å².